The lowest BCUT2D eigenvalue weighted by atomic mass is 10.2. The molecule has 2 aromatic carbocycles. The van der Waals surface area contributed by atoms with Crippen LogP contribution in [0.4, 0.5) is 10.1 Å². The predicted molar refractivity (Wildman–Crippen MR) is 109 cm³/mol. The summed E-state index contributed by atoms with van der Waals surface area (Å²) < 4.78 is 14.6. The van der Waals surface area contributed by atoms with Gasteiger partial charge in [-0.25, -0.2) is 9.07 Å². The second-order valence-electron chi connectivity index (χ2n) is 6.96. The number of rotatable bonds is 4. The molecule has 6 nitrogen and oxygen atoms in total. The minimum atomic E-state index is -0.376. The predicted octanol–water partition coefficient (Wildman–Crippen LogP) is 2.39. The van der Waals surface area contributed by atoms with Crippen LogP contribution in [0.25, 0.3) is 0 Å². The van der Waals surface area contributed by atoms with Crippen molar-refractivity contribution in [3.05, 3.63) is 94.2 Å². The van der Waals surface area contributed by atoms with Crippen molar-refractivity contribution in [3.8, 4) is 0 Å². The third kappa shape index (κ3) is 4.34. The summed E-state index contributed by atoms with van der Waals surface area (Å²) in [6, 6.07) is 18.9. The number of nitrogens with zero attached hydrogens (tertiary/aromatic N) is 4. The molecule has 0 saturated carbocycles. The Kier molecular flexibility index (Phi) is 5.37. The van der Waals surface area contributed by atoms with E-state index in [0.717, 1.165) is 18.8 Å². The van der Waals surface area contributed by atoms with Crippen LogP contribution in [0.2, 0.25) is 0 Å². The minimum absolute atomic E-state index is 0.111. The van der Waals surface area contributed by atoms with Crippen LogP contribution in [-0.4, -0.2) is 46.8 Å². The van der Waals surface area contributed by atoms with Gasteiger partial charge in [-0.1, -0.05) is 30.3 Å². The molecule has 1 aliphatic rings. The number of carbonyl (C=O) groups is 1. The molecular weight excluding hydrogens is 371 g/mol. The summed E-state index contributed by atoms with van der Waals surface area (Å²) in [7, 11) is 0. The van der Waals surface area contributed by atoms with Crippen LogP contribution in [-0.2, 0) is 6.54 Å². The maximum absolute atomic E-state index is 13.4. The third-order valence-corrected chi connectivity index (χ3v) is 5.00. The number of para-hydroxylation sites is 1. The minimum Gasteiger partial charge on any atom is -0.368 e. The summed E-state index contributed by atoms with van der Waals surface area (Å²) >= 11 is 0. The van der Waals surface area contributed by atoms with Gasteiger partial charge in [0, 0.05) is 37.9 Å². The number of piperazine rings is 1. The average molecular weight is 392 g/mol. The van der Waals surface area contributed by atoms with Crippen molar-refractivity contribution in [1.29, 1.82) is 0 Å². The summed E-state index contributed by atoms with van der Waals surface area (Å²) in [6.45, 7) is 2.74. The highest BCUT2D eigenvalue weighted by atomic mass is 19.1. The number of hydrogen-bond donors (Lipinski definition) is 0. The fourth-order valence-corrected chi connectivity index (χ4v) is 3.45. The number of benzene rings is 2. The van der Waals surface area contributed by atoms with E-state index in [0.29, 0.717) is 18.7 Å². The van der Waals surface area contributed by atoms with Gasteiger partial charge in [-0.3, -0.25) is 9.59 Å². The van der Waals surface area contributed by atoms with Crippen molar-refractivity contribution < 1.29 is 9.18 Å². The van der Waals surface area contributed by atoms with E-state index in [1.807, 2.05) is 18.2 Å². The Bertz CT molecular complexity index is 1060. The molecule has 1 aliphatic heterocycles. The largest absolute Gasteiger partial charge is 0.368 e. The fourth-order valence-electron chi connectivity index (χ4n) is 3.45. The Hall–Kier alpha value is -3.48. The molecule has 0 radical (unpaired) electrons. The SMILES string of the molecule is O=C(c1ccc(=O)n(Cc2cccc(F)c2)n1)N1CCN(c2ccccc2)CC1. The molecule has 148 valence electrons. The normalized spacial score (nSPS) is 14.1. The maximum Gasteiger partial charge on any atom is 0.274 e. The van der Waals surface area contributed by atoms with Crippen LogP contribution in [0.15, 0.2) is 71.5 Å². The van der Waals surface area contributed by atoms with E-state index in [9.17, 15) is 14.0 Å². The lowest BCUT2D eigenvalue weighted by Crippen LogP contribution is -2.49. The molecule has 1 amide bonds. The molecular formula is C22H21FN4O2. The van der Waals surface area contributed by atoms with Crippen LogP contribution < -0.4 is 10.5 Å². The summed E-state index contributed by atoms with van der Waals surface area (Å²) in [5, 5.41) is 4.23. The van der Waals surface area contributed by atoms with Crippen molar-refractivity contribution >= 4 is 11.6 Å². The zero-order chi connectivity index (χ0) is 20.2. The van der Waals surface area contributed by atoms with Gasteiger partial charge in [0.2, 0.25) is 0 Å². The van der Waals surface area contributed by atoms with Gasteiger partial charge < -0.3 is 9.80 Å². The molecule has 3 aromatic rings. The molecule has 0 spiro atoms. The van der Waals surface area contributed by atoms with Crippen LogP contribution in [0.5, 0.6) is 0 Å². The first kappa shape index (κ1) is 18.9. The lowest BCUT2D eigenvalue weighted by Gasteiger charge is -2.36. The van der Waals surface area contributed by atoms with Crippen molar-refractivity contribution in [2.75, 3.05) is 31.1 Å². The third-order valence-electron chi connectivity index (χ3n) is 5.00. The zero-order valence-electron chi connectivity index (χ0n) is 15.9. The summed E-state index contributed by atoms with van der Waals surface area (Å²) in [5.41, 5.74) is 1.64. The van der Waals surface area contributed by atoms with Gasteiger partial charge in [-0.2, -0.15) is 5.10 Å². The van der Waals surface area contributed by atoms with E-state index in [1.165, 1.54) is 28.9 Å². The highest BCUT2D eigenvalue weighted by molar-refractivity contribution is 5.92. The molecule has 1 saturated heterocycles. The fraction of sp³-hybridized carbons (Fsp3) is 0.227. The first-order chi connectivity index (χ1) is 14.1. The van der Waals surface area contributed by atoms with Crippen molar-refractivity contribution in [2.24, 2.45) is 0 Å². The topological polar surface area (TPSA) is 58.4 Å². The first-order valence-corrected chi connectivity index (χ1v) is 9.52. The molecule has 0 bridgehead atoms. The van der Waals surface area contributed by atoms with E-state index in [1.54, 1.807) is 17.0 Å². The van der Waals surface area contributed by atoms with E-state index < -0.39 is 0 Å². The highest BCUT2D eigenvalue weighted by Gasteiger charge is 2.23. The van der Waals surface area contributed by atoms with E-state index in [2.05, 4.69) is 22.1 Å². The molecule has 2 heterocycles. The van der Waals surface area contributed by atoms with Gasteiger partial charge in [-0.15, -0.1) is 0 Å². The number of halogens is 1. The van der Waals surface area contributed by atoms with E-state index in [4.69, 9.17) is 0 Å². The number of carbonyl (C=O) groups excluding carboxylic acids is 1. The Morgan fingerprint density at radius 2 is 1.69 bits per heavy atom. The molecule has 0 atom stereocenters. The number of anilines is 1. The van der Waals surface area contributed by atoms with Crippen molar-refractivity contribution in [2.45, 2.75) is 6.54 Å². The first-order valence-electron chi connectivity index (χ1n) is 9.52. The summed E-state index contributed by atoms with van der Waals surface area (Å²) in [4.78, 5) is 29.0. The second-order valence-corrected chi connectivity index (χ2v) is 6.96. The number of hydrogen-bond acceptors (Lipinski definition) is 4. The molecule has 0 unspecified atom stereocenters. The maximum atomic E-state index is 13.4. The molecule has 4 rings (SSSR count). The second kappa shape index (κ2) is 8.26. The van der Waals surface area contributed by atoms with Gasteiger partial charge in [0.05, 0.1) is 6.54 Å². The molecule has 29 heavy (non-hydrogen) atoms. The average Bonchev–Trinajstić information content (AvgIpc) is 2.76. The zero-order valence-corrected chi connectivity index (χ0v) is 15.9. The van der Waals surface area contributed by atoms with E-state index in [-0.39, 0.29) is 29.5 Å². The quantitative estimate of drug-likeness (QED) is 0.684. The van der Waals surface area contributed by atoms with Crippen LogP contribution in [0.3, 0.4) is 0 Å². The highest BCUT2D eigenvalue weighted by Crippen LogP contribution is 2.16. The van der Waals surface area contributed by atoms with Gasteiger partial charge in [-0.05, 0) is 35.9 Å². The van der Waals surface area contributed by atoms with Crippen molar-refractivity contribution in [1.82, 2.24) is 14.7 Å². The van der Waals surface area contributed by atoms with Gasteiger partial charge in [0.1, 0.15) is 11.5 Å². The Morgan fingerprint density at radius 3 is 2.41 bits per heavy atom. The number of amides is 1. The molecule has 1 aromatic heterocycles. The Labute approximate surface area is 167 Å². The number of aromatic nitrogens is 2. The summed E-state index contributed by atoms with van der Waals surface area (Å²) in [6.07, 6.45) is 0. The van der Waals surface area contributed by atoms with Gasteiger partial charge in [0.15, 0.2) is 0 Å². The van der Waals surface area contributed by atoms with Gasteiger partial charge >= 0.3 is 0 Å². The Balaban J connectivity index is 1.46. The van der Waals surface area contributed by atoms with E-state index >= 15 is 0 Å². The van der Waals surface area contributed by atoms with Crippen LogP contribution >= 0.6 is 0 Å². The molecule has 1 fully saturated rings. The Morgan fingerprint density at radius 1 is 0.931 bits per heavy atom. The smallest absolute Gasteiger partial charge is 0.274 e. The van der Waals surface area contributed by atoms with Crippen molar-refractivity contribution in [3.63, 3.8) is 0 Å². The van der Waals surface area contributed by atoms with Crippen LogP contribution in [0.1, 0.15) is 16.1 Å². The van der Waals surface area contributed by atoms with Gasteiger partial charge in [0.25, 0.3) is 11.5 Å². The standard InChI is InChI=1S/C22H21FN4O2/c23-18-6-4-5-17(15-18)16-27-21(28)10-9-20(24-27)22(29)26-13-11-25(12-14-26)19-7-2-1-3-8-19/h1-10,15H,11-14,16H2. The summed E-state index contributed by atoms with van der Waals surface area (Å²) in [5.74, 6) is -0.579. The molecule has 7 heteroatoms. The monoisotopic (exact) mass is 392 g/mol. The van der Waals surface area contributed by atoms with Crippen LogP contribution in [0, 0.1) is 5.82 Å². The lowest BCUT2D eigenvalue weighted by molar-refractivity contribution is 0.0738. The molecule has 0 aliphatic carbocycles. The molecule has 0 N–H and O–H groups in total.